The SMILES string of the molecule is O=C(O)c1nc(-c2ccccc2)oc1CN1CCOCC1CC1CC1. The molecule has 0 radical (unpaired) electrons. The van der Waals surface area contributed by atoms with Crippen LogP contribution in [0.5, 0.6) is 0 Å². The molecule has 1 saturated carbocycles. The molecule has 132 valence electrons. The van der Waals surface area contributed by atoms with Crippen LogP contribution >= 0.6 is 0 Å². The Hall–Kier alpha value is -2.18. The Kier molecular flexibility index (Phi) is 4.55. The molecule has 0 spiro atoms. The number of hydrogen-bond acceptors (Lipinski definition) is 5. The first-order chi connectivity index (χ1) is 12.2. The van der Waals surface area contributed by atoms with Crippen LogP contribution in [-0.2, 0) is 11.3 Å². The number of aromatic carboxylic acids is 1. The maximum absolute atomic E-state index is 11.6. The Morgan fingerprint density at radius 1 is 1.28 bits per heavy atom. The Balaban J connectivity index is 1.57. The van der Waals surface area contributed by atoms with E-state index >= 15 is 0 Å². The summed E-state index contributed by atoms with van der Waals surface area (Å²) in [6.07, 6.45) is 3.71. The lowest BCUT2D eigenvalue weighted by molar-refractivity contribution is -0.0191. The number of benzene rings is 1. The van der Waals surface area contributed by atoms with Crippen LogP contribution in [-0.4, -0.2) is 46.8 Å². The van der Waals surface area contributed by atoms with Crippen molar-refractivity contribution in [1.82, 2.24) is 9.88 Å². The molecule has 1 saturated heterocycles. The molecule has 2 aromatic rings. The third kappa shape index (κ3) is 3.75. The van der Waals surface area contributed by atoms with Gasteiger partial charge in [0.2, 0.25) is 5.89 Å². The zero-order chi connectivity index (χ0) is 17.2. The Labute approximate surface area is 146 Å². The average molecular weight is 342 g/mol. The highest BCUT2D eigenvalue weighted by Crippen LogP contribution is 2.36. The predicted molar refractivity (Wildman–Crippen MR) is 91.3 cm³/mol. The van der Waals surface area contributed by atoms with Crippen LogP contribution in [0, 0.1) is 5.92 Å². The van der Waals surface area contributed by atoms with E-state index in [9.17, 15) is 9.90 Å². The molecule has 0 bridgehead atoms. The van der Waals surface area contributed by atoms with Gasteiger partial charge in [0.1, 0.15) is 0 Å². The zero-order valence-corrected chi connectivity index (χ0v) is 14.1. The van der Waals surface area contributed by atoms with Crippen molar-refractivity contribution in [2.75, 3.05) is 19.8 Å². The molecule has 1 atom stereocenters. The van der Waals surface area contributed by atoms with Crippen LogP contribution < -0.4 is 0 Å². The fourth-order valence-corrected chi connectivity index (χ4v) is 3.37. The van der Waals surface area contributed by atoms with Crippen molar-refractivity contribution < 1.29 is 19.1 Å². The lowest BCUT2D eigenvalue weighted by atomic mass is 10.1. The van der Waals surface area contributed by atoms with E-state index in [0.717, 1.165) is 24.4 Å². The summed E-state index contributed by atoms with van der Waals surface area (Å²) in [4.78, 5) is 18.1. The topological polar surface area (TPSA) is 75.8 Å². The van der Waals surface area contributed by atoms with Crippen molar-refractivity contribution in [1.29, 1.82) is 0 Å². The van der Waals surface area contributed by atoms with Crippen molar-refractivity contribution >= 4 is 5.97 Å². The van der Waals surface area contributed by atoms with Crippen molar-refractivity contribution in [2.45, 2.75) is 31.8 Å². The van der Waals surface area contributed by atoms with Crippen molar-refractivity contribution in [3.05, 3.63) is 41.8 Å². The molecular weight excluding hydrogens is 320 g/mol. The first-order valence-corrected chi connectivity index (χ1v) is 8.81. The smallest absolute Gasteiger partial charge is 0.358 e. The van der Waals surface area contributed by atoms with E-state index in [4.69, 9.17) is 9.15 Å². The van der Waals surface area contributed by atoms with E-state index in [1.807, 2.05) is 30.3 Å². The normalized spacial score (nSPS) is 21.4. The molecule has 1 aliphatic carbocycles. The second-order valence-corrected chi connectivity index (χ2v) is 6.84. The maximum atomic E-state index is 11.6. The van der Waals surface area contributed by atoms with Gasteiger partial charge in [0.15, 0.2) is 11.5 Å². The minimum atomic E-state index is -1.05. The number of hydrogen-bond donors (Lipinski definition) is 1. The number of carboxylic acids is 1. The molecule has 25 heavy (non-hydrogen) atoms. The van der Waals surface area contributed by atoms with Gasteiger partial charge in [-0.15, -0.1) is 0 Å². The van der Waals surface area contributed by atoms with Gasteiger partial charge in [0.25, 0.3) is 0 Å². The fourth-order valence-electron chi connectivity index (χ4n) is 3.37. The second kappa shape index (κ2) is 6.98. The Morgan fingerprint density at radius 3 is 2.80 bits per heavy atom. The Bertz CT molecular complexity index is 739. The van der Waals surface area contributed by atoms with Crippen LogP contribution in [0.25, 0.3) is 11.5 Å². The summed E-state index contributed by atoms with van der Waals surface area (Å²) < 4.78 is 11.5. The minimum Gasteiger partial charge on any atom is -0.476 e. The molecule has 2 fully saturated rings. The van der Waals surface area contributed by atoms with Crippen LogP contribution in [0.2, 0.25) is 0 Å². The molecule has 1 aromatic carbocycles. The van der Waals surface area contributed by atoms with E-state index in [0.29, 0.717) is 37.5 Å². The maximum Gasteiger partial charge on any atom is 0.358 e. The second-order valence-electron chi connectivity index (χ2n) is 6.84. The molecule has 6 heteroatoms. The minimum absolute atomic E-state index is 0.00974. The monoisotopic (exact) mass is 342 g/mol. The molecule has 1 aromatic heterocycles. The Morgan fingerprint density at radius 2 is 2.08 bits per heavy atom. The number of nitrogens with zero attached hydrogens (tertiary/aromatic N) is 2. The van der Waals surface area contributed by atoms with Gasteiger partial charge in [-0.05, 0) is 24.5 Å². The summed E-state index contributed by atoms with van der Waals surface area (Å²) in [5.74, 6) is 0.532. The molecule has 2 heterocycles. The van der Waals surface area contributed by atoms with Crippen LogP contribution in [0.4, 0.5) is 0 Å². The number of morpholine rings is 1. The summed E-state index contributed by atoms with van der Waals surface area (Å²) in [5, 5.41) is 9.51. The molecule has 4 rings (SSSR count). The summed E-state index contributed by atoms with van der Waals surface area (Å²) in [7, 11) is 0. The summed E-state index contributed by atoms with van der Waals surface area (Å²) in [6, 6.07) is 9.73. The van der Waals surface area contributed by atoms with E-state index in [1.54, 1.807) is 0 Å². The largest absolute Gasteiger partial charge is 0.476 e. The van der Waals surface area contributed by atoms with E-state index in [-0.39, 0.29) is 5.69 Å². The third-order valence-corrected chi connectivity index (χ3v) is 4.92. The highest BCUT2D eigenvalue weighted by Gasteiger charge is 2.32. The zero-order valence-electron chi connectivity index (χ0n) is 14.1. The standard InChI is InChI=1S/C19H22N2O4/c22-19(23)17-16(25-18(20-17)14-4-2-1-3-5-14)11-21-8-9-24-12-15(21)10-13-6-7-13/h1-5,13,15H,6-12H2,(H,22,23). The van der Waals surface area contributed by atoms with E-state index in [2.05, 4.69) is 9.88 Å². The van der Waals surface area contributed by atoms with Gasteiger partial charge >= 0.3 is 5.97 Å². The van der Waals surface area contributed by atoms with Gasteiger partial charge in [-0.3, -0.25) is 4.90 Å². The number of carbonyl (C=O) groups is 1. The van der Waals surface area contributed by atoms with Crippen LogP contribution in [0.3, 0.4) is 0 Å². The van der Waals surface area contributed by atoms with Crippen molar-refractivity contribution in [2.24, 2.45) is 5.92 Å². The number of oxazole rings is 1. The summed E-state index contributed by atoms with van der Waals surface area (Å²) in [5.41, 5.74) is 0.795. The van der Waals surface area contributed by atoms with Gasteiger partial charge < -0.3 is 14.3 Å². The first-order valence-electron chi connectivity index (χ1n) is 8.81. The van der Waals surface area contributed by atoms with Gasteiger partial charge in [-0.1, -0.05) is 31.0 Å². The average Bonchev–Trinajstić information content (AvgIpc) is 3.34. The number of carboxylic acid groups (broad SMARTS) is 1. The van der Waals surface area contributed by atoms with E-state index in [1.165, 1.54) is 12.8 Å². The fraction of sp³-hybridized carbons (Fsp3) is 0.474. The number of aromatic nitrogens is 1. The third-order valence-electron chi connectivity index (χ3n) is 4.92. The molecule has 6 nitrogen and oxygen atoms in total. The highest BCUT2D eigenvalue weighted by molar-refractivity contribution is 5.87. The molecule has 1 aliphatic heterocycles. The quantitative estimate of drug-likeness (QED) is 0.869. The van der Waals surface area contributed by atoms with Crippen LogP contribution in [0.15, 0.2) is 34.7 Å². The number of rotatable bonds is 6. The summed E-state index contributed by atoms with van der Waals surface area (Å²) in [6.45, 7) is 2.63. The molecule has 0 amide bonds. The summed E-state index contributed by atoms with van der Waals surface area (Å²) >= 11 is 0. The van der Waals surface area contributed by atoms with Gasteiger partial charge in [-0.2, -0.15) is 0 Å². The molecular formula is C19H22N2O4. The molecule has 1 N–H and O–H groups in total. The predicted octanol–water partition coefficient (Wildman–Crippen LogP) is 3.04. The van der Waals surface area contributed by atoms with Gasteiger partial charge in [0.05, 0.1) is 19.8 Å². The molecule has 1 unspecified atom stereocenters. The van der Waals surface area contributed by atoms with Crippen molar-refractivity contribution in [3.8, 4) is 11.5 Å². The lowest BCUT2D eigenvalue weighted by Crippen LogP contribution is -2.45. The number of ether oxygens (including phenoxy) is 1. The van der Waals surface area contributed by atoms with Crippen LogP contribution in [0.1, 0.15) is 35.5 Å². The van der Waals surface area contributed by atoms with E-state index < -0.39 is 5.97 Å². The van der Waals surface area contributed by atoms with Gasteiger partial charge in [0, 0.05) is 18.2 Å². The van der Waals surface area contributed by atoms with Gasteiger partial charge in [-0.25, -0.2) is 9.78 Å². The first kappa shape index (κ1) is 16.3. The van der Waals surface area contributed by atoms with Crippen molar-refractivity contribution in [3.63, 3.8) is 0 Å². The highest BCUT2D eigenvalue weighted by atomic mass is 16.5. The molecule has 2 aliphatic rings. The lowest BCUT2D eigenvalue weighted by Gasteiger charge is -2.35.